The molecule has 0 saturated heterocycles. The number of halogens is 1. The van der Waals surface area contributed by atoms with Crippen molar-refractivity contribution in [3.05, 3.63) is 77.6 Å². The van der Waals surface area contributed by atoms with Crippen molar-refractivity contribution in [3.63, 3.8) is 0 Å². The molecule has 0 aliphatic heterocycles. The number of rotatable bonds is 7. The van der Waals surface area contributed by atoms with Gasteiger partial charge in [0.1, 0.15) is 11.5 Å². The molecule has 0 bridgehead atoms. The van der Waals surface area contributed by atoms with E-state index >= 15 is 0 Å². The second-order valence-corrected chi connectivity index (χ2v) is 5.80. The molecule has 0 radical (unpaired) electrons. The third-order valence-electron chi connectivity index (χ3n) is 3.41. The molecular weight excluding hydrogens is 328 g/mol. The van der Waals surface area contributed by atoms with Crippen LogP contribution >= 0.6 is 11.6 Å². The van der Waals surface area contributed by atoms with E-state index in [1.165, 1.54) is 0 Å². The summed E-state index contributed by atoms with van der Waals surface area (Å²) in [5.41, 5.74) is 0.709. The van der Waals surface area contributed by atoms with Crippen LogP contribution in [0.15, 0.2) is 69.9 Å². The normalized spacial score (nSPS) is 10.9. The quantitative estimate of drug-likeness (QED) is 0.699. The van der Waals surface area contributed by atoms with Gasteiger partial charge in [-0.3, -0.25) is 9.69 Å². The van der Waals surface area contributed by atoms with Crippen LogP contribution in [0, 0.1) is 0 Å². The van der Waals surface area contributed by atoms with E-state index in [1.807, 2.05) is 29.2 Å². The highest BCUT2D eigenvalue weighted by Crippen LogP contribution is 2.14. The van der Waals surface area contributed by atoms with E-state index in [0.29, 0.717) is 23.8 Å². The second kappa shape index (κ2) is 7.86. The smallest absolute Gasteiger partial charge is 0.238 e. The molecule has 0 aliphatic carbocycles. The van der Waals surface area contributed by atoms with Gasteiger partial charge in [-0.25, -0.2) is 0 Å². The largest absolute Gasteiger partial charge is 0.468 e. The summed E-state index contributed by atoms with van der Waals surface area (Å²) < 4.78 is 10.8. The molecule has 3 aromatic rings. The molecule has 3 rings (SSSR count). The highest BCUT2D eigenvalue weighted by molar-refractivity contribution is 6.30. The number of benzene rings is 1. The molecule has 24 heavy (non-hydrogen) atoms. The third-order valence-corrected chi connectivity index (χ3v) is 3.67. The maximum atomic E-state index is 12.3. The number of anilines is 1. The van der Waals surface area contributed by atoms with Crippen molar-refractivity contribution in [1.82, 2.24) is 4.90 Å². The Bertz CT molecular complexity index is 716. The fraction of sp³-hybridized carbons (Fsp3) is 0.167. The van der Waals surface area contributed by atoms with E-state index in [1.54, 1.807) is 36.8 Å². The Morgan fingerprint density at radius 3 is 2.04 bits per heavy atom. The first kappa shape index (κ1) is 16.4. The molecule has 0 spiro atoms. The Labute approximate surface area is 144 Å². The van der Waals surface area contributed by atoms with E-state index in [2.05, 4.69) is 5.32 Å². The molecule has 5 nitrogen and oxygen atoms in total. The van der Waals surface area contributed by atoms with Crippen LogP contribution in [0.4, 0.5) is 5.69 Å². The first-order valence-corrected chi connectivity index (χ1v) is 7.89. The Morgan fingerprint density at radius 2 is 1.54 bits per heavy atom. The number of carbonyl (C=O) groups is 1. The molecule has 2 heterocycles. The van der Waals surface area contributed by atoms with Crippen molar-refractivity contribution in [2.45, 2.75) is 13.1 Å². The summed E-state index contributed by atoms with van der Waals surface area (Å²) in [7, 11) is 0. The van der Waals surface area contributed by atoms with Crippen molar-refractivity contribution in [3.8, 4) is 0 Å². The highest BCUT2D eigenvalue weighted by atomic mass is 35.5. The predicted molar refractivity (Wildman–Crippen MR) is 91.6 cm³/mol. The lowest BCUT2D eigenvalue weighted by Crippen LogP contribution is -2.32. The van der Waals surface area contributed by atoms with Gasteiger partial charge >= 0.3 is 0 Å². The number of hydrogen-bond donors (Lipinski definition) is 1. The minimum atomic E-state index is -0.115. The van der Waals surface area contributed by atoms with Crippen LogP contribution in [-0.4, -0.2) is 17.4 Å². The topological polar surface area (TPSA) is 58.6 Å². The highest BCUT2D eigenvalue weighted by Gasteiger charge is 2.15. The van der Waals surface area contributed by atoms with E-state index in [4.69, 9.17) is 20.4 Å². The van der Waals surface area contributed by atoms with Gasteiger partial charge in [-0.05, 0) is 48.5 Å². The SMILES string of the molecule is O=C(CN(Cc1ccco1)Cc1ccco1)Nc1ccc(Cl)cc1. The van der Waals surface area contributed by atoms with Gasteiger partial charge in [-0.1, -0.05) is 11.6 Å². The van der Waals surface area contributed by atoms with Crippen molar-refractivity contribution in [2.75, 3.05) is 11.9 Å². The lowest BCUT2D eigenvalue weighted by atomic mass is 10.3. The zero-order valence-electron chi connectivity index (χ0n) is 12.9. The molecule has 0 aliphatic rings. The average molecular weight is 345 g/mol. The molecule has 0 fully saturated rings. The summed E-state index contributed by atoms with van der Waals surface area (Å²) in [6.07, 6.45) is 3.24. The monoisotopic (exact) mass is 344 g/mol. The Morgan fingerprint density at radius 1 is 0.958 bits per heavy atom. The van der Waals surface area contributed by atoms with Crippen molar-refractivity contribution >= 4 is 23.2 Å². The van der Waals surface area contributed by atoms with Crippen molar-refractivity contribution in [2.24, 2.45) is 0 Å². The molecule has 1 amide bonds. The van der Waals surface area contributed by atoms with E-state index in [0.717, 1.165) is 11.5 Å². The Kier molecular flexibility index (Phi) is 5.36. The van der Waals surface area contributed by atoms with Crippen molar-refractivity contribution < 1.29 is 13.6 Å². The van der Waals surface area contributed by atoms with Gasteiger partial charge in [0.2, 0.25) is 5.91 Å². The zero-order valence-corrected chi connectivity index (χ0v) is 13.7. The number of nitrogens with one attached hydrogen (secondary N) is 1. The maximum absolute atomic E-state index is 12.3. The van der Waals surface area contributed by atoms with Gasteiger partial charge < -0.3 is 14.2 Å². The average Bonchev–Trinajstić information content (AvgIpc) is 3.23. The summed E-state index contributed by atoms with van der Waals surface area (Å²) in [4.78, 5) is 14.3. The molecule has 124 valence electrons. The molecule has 1 N–H and O–H groups in total. The number of carbonyl (C=O) groups excluding carboxylic acids is 1. The summed E-state index contributed by atoms with van der Waals surface area (Å²) in [6, 6.07) is 14.4. The Balaban J connectivity index is 1.63. The Hall–Kier alpha value is -2.50. The summed E-state index contributed by atoms with van der Waals surface area (Å²) >= 11 is 5.85. The standard InChI is InChI=1S/C18H17ClN2O3/c19-14-5-7-15(8-6-14)20-18(22)13-21(11-16-3-1-9-23-16)12-17-4-2-10-24-17/h1-10H,11-13H2,(H,20,22). The van der Waals surface area contributed by atoms with Gasteiger partial charge in [0.05, 0.1) is 32.2 Å². The molecule has 0 atom stereocenters. The van der Waals surface area contributed by atoms with Gasteiger partial charge in [-0.2, -0.15) is 0 Å². The van der Waals surface area contributed by atoms with Gasteiger partial charge in [0.25, 0.3) is 0 Å². The van der Waals surface area contributed by atoms with Gasteiger partial charge in [0, 0.05) is 10.7 Å². The van der Waals surface area contributed by atoms with Crippen LogP contribution < -0.4 is 5.32 Å². The van der Waals surface area contributed by atoms with Crippen LogP contribution in [0.5, 0.6) is 0 Å². The molecule has 2 aromatic heterocycles. The number of furan rings is 2. The van der Waals surface area contributed by atoms with Crippen molar-refractivity contribution in [1.29, 1.82) is 0 Å². The van der Waals surface area contributed by atoms with E-state index < -0.39 is 0 Å². The number of amides is 1. The maximum Gasteiger partial charge on any atom is 0.238 e. The summed E-state index contributed by atoms with van der Waals surface area (Å²) in [5, 5.41) is 3.49. The second-order valence-electron chi connectivity index (χ2n) is 5.36. The molecule has 1 aromatic carbocycles. The van der Waals surface area contributed by atoms with E-state index in [-0.39, 0.29) is 12.5 Å². The number of nitrogens with zero attached hydrogens (tertiary/aromatic N) is 1. The first-order chi connectivity index (χ1) is 11.7. The summed E-state index contributed by atoms with van der Waals surface area (Å²) in [5.74, 6) is 1.47. The summed E-state index contributed by atoms with van der Waals surface area (Å²) in [6.45, 7) is 1.24. The van der Waals surface area contributed by atoms with Crippen LogP contribution in [0.2, 0.25) is 5.02 Å². The molecule has 6 heteroatoms. The molecular formula is C18H17ClN2O3. The minimum absolute atomic E-state index is 0.115. The zero-order chi connectivity index (χ0) is 16.8. The van der Waals surface area contributed by atoms with Crippen LogP contribution in [0.3, 0.4) is 0 Å². The minimum Gasteiger partial charge on any atom is -0.468 e. The van der Waals surface area contributed by atoms with Gasteiger partial charge in [-0.15, -0.1) is 0 Å². The van der Waals surface area contributed by atoms with Crippen LogP contribution in [0.1, 0.15) is 11.5 Å². The van der Waals surface area contributed by atoms with Gasteiger partial charge in [0.15, 0.2) is 0 Å². The lowest BCUT2D eigenvalue weighted by Gasteiger charge is -2.19. The third kappa shape index (κ3) is 4.75. The first-order valence-electron chi connectivity index (χ1n) is 7.51. The lowest BCUT2D eigenvalue weighted by molar-refractivity contribution is -0.117. The molecule has 0 unspecified atom stereocenters. The molecule has 0 saturated carbocycles. The van der Waals surface area contributed by atoms with Crippen LogP contribution in [-0.2, 0) is 17.9 Å². The fourth-order valence-electron chi connectivity index (χ4n) is 2.35. The van der Waals surface area contributed by atoms with Crippen LogP contribution in [0.25, 0.3) is 0 Å². The fourth-order valence-corrected chi connectivity index (χ4v) is 2.48. The predicted octanol–water partition coefficient (Wildman–Crippen LogP) is 4.17. The number of hydrogen-bond acceptors (Lipinski definition) is 4. The van der Waals surface area contributed by atoms with E-state index in [9.17, 15) is 4.79 Å².